The first kappa shape index (κ1) is 14.7. The van der Waals surface area contributed by atoms with E-state index in [0.717, 1.165) is 6.07 Å². The number of hydrogen-bond acceptors (Lipinski definition) is 8. The smallest absolute Gasteiger partial charge is 0.258 e. The van der Waals surface area contributed by atoms with Crippen molar-refractivity contribution in [3.63, 3.8) is 0 Å². The molecule has 0 spiro atoms. The zero-order valence-electron chi connectivity index (χ0n) is 9.42. The lowest BCUT2D eigenvalue weighted by molar-refractivity contribution is -0.547. The monoisotopic (exact) mass is 287 g/mol. The molecule has 106 valence electrons. The third-order valence-corrected chi connectivity index (χ3v) is 2.17. The average Bonchev–Trinajstić information content (AvgIpc) is 2.34. The molecule has 0 aliphatic rings. The number of nitro benzene ring substituents is 3. The molecule has 0 aliphatic carbocycles. The average molecular weight is 287 g/mol. The lowest BCUT2D eigenvalue weighted by Crippen LogP contribution is -2.21. The molecule has 0 bridgehead atoms. The molecule has 0 unspecified atom stereocenters. The fourth-order valence-corrected chi connectivity index (χ4v) is 1.43. The summed E-state index contributed by atoms with van der Waals surface area (Å²) in [5.74, 6) is 0. The molecular formula is C7H5N5O8. The Bertz CT molecular complexity index is 613. The zero-order valence-corrected chi connectivity index (χ0v) is 9.42. The van der Waals surface area contributed by atoms with Gasteiger partial charge in [0.25, 0.3) is 0 Å². The molecule has 0 saturated carbocycles. The molecule has 1 rings (SSSR count). The minimum atomic E-state index is -1.32. The van der Waals surface area contributed by atoms with Gasteiger partial charge in [-0.15, -0.1) is 5.43 Å². The van der Waals surface area contributed by atoms with E-state index in [1.807, 2.05) is 0 Å². The fraction of sp³-hybridized carbons (Fsp3) is 0.143. The number of nitrogens with one attached hydrogen (secondary N) is 1. The van der Waals surface area contributed by atoms with Crippen molar-refractivity contribution in [2.24, 2.45) is 0 Å². The standard InChI is InChI=1S/C7H5N5O8/c13-9(14)5-2-1-4(3-8-12(19)20)6(10(15)16)7(5)11(17)18/h1-2,8H,3H2. The van der Waals surface area contributed by atoms with Crippen molar-refractivity contribution in [3.8, 4) is 0 Å². The lowest BCUT2D eigenvalue weighted by atomic mass is 10.1. The van der Waals surface area contributed by atoms with Crippen LogP contribution in [0.25, 0.3) is 0 Å². The van der Waals surface area contributed by atoms with Crippen molar-refractivity contribution >= 4 is 17.1 Å². The number of rotatable bonds is 6. The molecule has 0 aromatic heterocycles. The number of benzene rings is 1. The van der Waals surface area contributed by atoms with Gasteiger partial charge in [-0.2, -0.15) is 0 Å². The minimum Gasteiger partial charge on any atom is -0.258 e. The summed E-state index contributed by atoms with van der Waals surface area (Å²) in [5.41, 5.74) is -2.35. The molecule has 0 aliphatic heterocycles. The quantitative estimate of drug-likeness (QED) is 0.580. The van der Waals surface area contributed by atoms with Gasteiger partial charge in [0, 0.05) is 6.07 Å². The van der Waals surface area contributed by atoms with Crippen LogP contribution in [-0.2, 0) is 6.54 Å². The highest BCUT2D eigenvalue weighted by molar-refractivity contribution is 5.69. The molecule has 1 aromatic rings. The summed E-state index contributed by atoms with van der Waals surface area (Å²) in [6.45, 7) is -0.692. The van der Waals surface area contributed by atoms with Crippen LogP contribution in [0.1, 0.15) is 5.56 Å². The molecule has 0 atom stereocenters. The summed E-state index contributed by atoms with van der Waals surface area (Å²) >= 11 is 0. The second-order valence-corrected chi connectivity index (χ2v) is 3.30. The van der Waals surface area contributed by atoms with E-state index in [0.29, 0.717) is 6.07 Å². The third kappa shape index (κ3) is 2.89. The molecule has 0 amide bonds. The SMILES string of the molecule is O=[N+]([O-])NCc1ccc([N+](=O)[O-])c([N+](=O)[O-])c1[N+](=O)[O-]. The van der Waals surface area contributed by atoms with Crippen molar-refractivity contribution in [2.45, 2.75) is 6.54 Å². The highest BCUT2D eigenvalue weighted by Gasteiger charge is 2.38. The molecule has 20 heavy (non-hydrogen) atoms. The van der Waals surface area contributed by atoms with Gasteiger partial charge in [0.15, 0.2) is 5.03 Å². The van der Waals surface area contributed by atoms with Gasteiger partial charge in [0.1, 0.15) is 6.54 Å². The predicted octanol–water partition coefficient (Wildman–Crippen LogP) is 0.692. The molecule has 0 fully saturated rings. The summed E-state index contributed by atoms with van der Waals surface area (Å²) in [5, 5.41) is 41.4. The Hall–Kier alpha value is -3.38. The first-order valence-electron chi connectivity index (χ1n) is 4.72. The number of hydrogen-bond donors (Lipinski definition) is 1. The number of hydrazine groups is 1. The summed E-state index contributed by atoms with van der Waals surface area (Å²) in [4.78, 5) is 38.8. The zero-order chi connectivity index (χ0) is 15.4. The van der Waals surface area contributed by atoms with Gasteiger partial charge >= 0.3 is 17.1 Å². The van der Waals surface area contributed by atoms with Gasteiger partial charge in [0.2, 0.25) is 0 Å². The Labute approximate surface area is 108 Å². The summed E-state index contributed by atoms with van der Waals surface area (Å²) in [6.07, 6.45) is 0. The van der Waals surface area contributed by atoms with Crippen LogP contribution in [0, 0.1) is 40.5 Å². The van der Waals surface area contributed by atoms with Gasteiger partial charge in [-0.05, 0) is 6.07 Å². The normalized spacial score (nSPS) is 9.80. The molecule has 13 heteroatoms. The highest BCUT2D eigenvalue weighted by atomic mass is 16.7. The molecule has 1 N–H and O–H groups in total. The lowest BCUT2D eigenvalue weighted by Gasteiger charge is -2.02. The van der Waals surface area contributed by atoms with Crippen molar-refractivity contribution < 1.29 is 19.8 Å². The Morgan fingerprint density at radius 2 is 1.40 bits per heavy atom. The molecular weight excluding hydrogens is 282 g/mol. The van der Waals surface area contributed by atoms with E-state index in [1.165, 1.54) is 0 Å². The van der Waals surface area contributed by atoms with Gasteiger partial charge in [-0.25, -0.2) is 10.1 Å². The Morgan fingerprint density at radius 3 is 1.80 bits per heavy atom. The van der Waals surface area contributed by atoms with Crippen LogP contribution < -0.4 is 5.43 Å². The predicted molar refractivity (Wildman–Crippen MR) is 60.2 cm³/mol. The van der Waals surface area contributed by atoms with Crippen LogP contribution in [0.4, 0.5) is 17.1 Å². The van der Waals surface area contributed by atoms with Gasteiger partial charge < -0.3 is 0 Å². The van der Waals surface area contributed by atoms with E-state index in [9.17, 15) is 40.5 Å². The molecule has 1 aromatic carbocycles. The molecule has 0 radical (unpaired) electrons. The van der Waals surface area contributed by atoms with Crippen LogP contribution in [-0.4, -0.2) is 19.8 Å². The fourth-order valence-electron chi connectivity index (χ4n) is 1.43. The summed E-state index contributed by atoms with van der Waals surface area (Å²) in [7, 11) is 0. The van der Waals surface area contributed by atoms with Crippen LogP contribution in [0.2, 0.25) is 0 Å². The minimum absolute atomic E-state index is 0.413. The van der Waals surface area contributed by atoms with E-state index < -0.39 is 49.0 Å². The first-order chi connectivity index (χ1) is 9.25. The molecule has 13 nitrogen and oxygen atoms in total. The largest absolute Gasteiger partial charge is 0.422 e. The Balaban J connectivity index is 3.52. The maximum atomic E-state index is 10.8. The Kier molecular flexibility index (Phi) is 4.04. The summed E-state index contributed by atoms with van der Waals surface area (Å²) in [6, 6.07) is 1.53. The van der Waals surface area contributed by atoms with E-state index in [4.69, 9.17) is 0 Å². The van der Waals surface area contributed by atoms with E-state index in [2.05, 4.69) is 0 Å². The van der Waals surface area contributed by atoms with Gasteiger partial charge in [-0.1, -0.05) is 0 Å². The maximum Gasteiger partial charge on any atom is 0.422 e. The second-order valence-electron chi connectivity index (χ2n) is 3.30. The van der Waals surface area contributed by atoms with Gasteiger partial charge in [0.05, 0.1) is 20.3 Å². The van der Waals surface area contributed by atoms with Gasteiger partial charge in [-0.3, -0.25) is 30.3 Å². The topological polar surface area (TPSA) is 185 Å². The molecule has 0 saturated heterocycles. The van der Waals surface area contributed by atoms with Crippen LogP contribution in [0.5, 0.6) is 0 Å². The maximum absolute atomic E-state index is 10.8. The second kappa shape index (κ2) is 5.51. The van der Waals surface area contributed by atoms with Crippen molar-refractivity contribution in [1.82, 2.24) is 5.43 Å². The van der Waals surface area contributed by atoms with E-state index in [-0.39, 0.29) is 0 Å². The highest BCUT2D eigenvalue weighted by Crippen LogP contribution is 2.38. The third-order valence-electron chi connectivity index (χ3n) is 2.17. The van der Waals surface area contributed by atoms with Crippen LogP contribution in [0.3, 0.4) is 0 Å². The first-order valence-corrected chi connectivity index (χ1v) is 4.72. The molecule has 0 heterocycles. The number of nitro groups is 4. The van der Waals surface area contributed by atoms with E-state index >= 15 is 0 Å². The van der Waals surface area contributed by atoms with E-state index in [1.54, 1.807) is 5.43 Å². The Morgan fingerprint density at radius 1 is 0.850 bits per heavy atom. The van der Waals surface area contributed by atoms with Crippen LogP contribution >= 0.6 is 0 Å². The van der Waals surface area contributed by atoms with Crippen LogP contribution in [0.15, 0.2) is 12.1 Å². The summed E-state index contributed by atoms with van der Waals surface area (Å²) < 4.78 is 0. The number of nitrogens with zero attached hydrogens (tertiary/aromatic N) is 4. The van der Waals surface area contributed by atoms with Crippen molar-refractivity contribution in [3.05, 3.63) is 58.2 Å². The van der Waals surface area contributed by atoms with Crippen molar-refractivity contribution in [1.29, 1.82) is 0 Å². The van der Waals surface area contributed by atoms with Crippen molar-refractivity contribution in [2.75, 3.05) is 0 Å².